The molecule has 3 aromatic carbocycles. The summed E-state index contributed by atoms with van der Waals surface area (Å²) in [5, 5.41) is 13.7. The fourth-order valence-corrected chi connectivity index (χ4v) is 4.32. The van der Waals surface area contributed by atoms with E-state index in [1.165, 1.54) is 35.6 Å². The van der Waals surface area contributed by atoms with Crippen LogP contribution in [0.1, 0.15) is 37.7 Å². The number of nitrogens with one attached hydrogen (secondary N) is 1. The van der Waals surface area contributed by atoms with Crippen molar-refractivity contribution in [2.24, 2.45) is 0 Å². The molecule has 35 heavy (non-hydrogen) atoms. The Balaban J connectivity index is 1.70. The van der Waals surface area contributed by atoms with Crippen LogP contribution in [0.15, 0.2) is 78.2 Å². The first-order chi connectivity index (χ1) is 16.8. The van der Waals surface area contributed by atoms with E-state index in [9.17, 15) is 19.2 Å². The van der Waals surface area contributed by atoms with Crippen molar-refractivity contribution >= 4 is 52.1 Å². The van der Waals surface area contributed by atoms with E-state index < -0.39 is 24.1 Å². The van der Waals surface area contributed by atoms with Crippen LogP contribution >= 0.6 is 22.9 Å². The van der Waals surface area contributed by atoms with Gasteiger partial charge in [0, 0.05) is 32.7 Å². The van der Waals surface area contributed by atoms with Crippen LogP contribution in [0, 0.1) is 0 Å². The average Bonchev–Trinajstić information content (AvgIpc) is 3.34. The van der Waals surface area contributed by atoms with Crippen LogP contribution in [-0.4, -0.2) is 33.5 Å². The lowest BCUT2D eigenvalue weighted by atomic mass is 9.98. The highest BCUT2D eigenvalue weighted by Gasteiger charge is 2.21. The molecule has 1 heterocycles. The van der Waals surface area contributed by atoms with Crippen molar-refractivity contribution in [3.63, 3.8) is 0 Å². The van der Waals surface area contributed by atoms with Gasteiger partial charge in [-0.25, -0.2) is 4.98 Å². The SMILES string of the molecule is O=C(O)CC(=O)Nc1ccc(C(=O)c2nc(-c3ccccc3)cs2)cc1C(=O)c1cccc(Cl)c1. The topological polar surface area (TPSA) is 113 Å². The molecule has 0 atom stereocenters. The first-order valence-electron chi connectivity index (χ1n) is 10.3. The summed E-state index contributed by atoms with van der Waals surface area (Å²) >= 11 is 7.21. The molecular weight excluding hydrogens is 488 g/mol. The van der Waals surface area contributed by atoms with E-state index in [4.69, 9.17) is 16.7 Å². The van der Waals surface area contributed by atoms with Gasteiger partial charge in [-0.3, -0.25) is 19.2 Å². The standard InChI is InChI=1S/C26H17ClN2O5S/c27-18-8-4-7-16(11-18)24(33)19-12-17(9-10-20(19)28-22(30)13-23(31)32)25(34)26-29-21(14-35-26)15-5-2-1-3-6-15/h1-12,14H,13H2,(H,28,30)(H,31,32). The van der Waals surface area contributed by atoms with Crippen molar-refractivity contribution in [3.05, 3.63) is 105 Å². The number of hydrogen-bond acceptors (Lipinski definition) is 6. The number of halogens is 1. The van der Waals surface area contributed by atoms with Gasteiger partial charge in [-0.2, -0.15) is 0 Å². The molecule has 7 nitrogen and oxygen atoms in total. The second-order valence-corrected chi connectivity index (χ2v) is 8.75. The maximum Gasteiger partial charge on any atom is 0.312 e. The molecule has 2 N–H and O–H groups in total. The summed E-state index contributed by atoms with van der Waals surface area (Å²) in [7, 11) is 0. The molecule has 0 bridgehead atoms. The van der Waals surface area contributed by atoms with E-state index >= 15 is 0 Å². The van der Waals surface area contributed by atoms with Gasteiger partial charge in [0.1, 0.15) is 6.42 Å². The molecule has 174 valence electrons. The fraction of sp³-hybridized carbons (Fsp3) is 0.0385. The van der Waals surface area contributed by atoms with Crippen molar-refractivity contribution in [3.8, 4) is 11.3 Å². The summed E-state index contributed by atoms with van der Waals surface area (Å²) in [6.07, 6.45) is -0.771. The van der Waals surface area contributed by atoms with Gasteiger partial charge in [0.05, 0.1) is 11.4 Å². The van der Waals surface area contributed by atoms with Crippen molar-refractivity contribution in [1.29, 1.82) is 0 Å². The number of ketones is 2. The molecule has 0 radical (unpaired) electrons. The molecule has 0 aliphatic heterocycles. The van der Waals surface area contributed by atoms with E-state index in [1.54, 1.807) is 23.6 Å². The minimum atomic E-state index is -1.31. The summed E-state index contributed by atoms with van der Waals surface area (Å²) < 4.78 is 0. The van der Waals surface area contributed by atoms with Gasteiger partial charge in [0.25, 0.3) is 0 Å². The lowest BCUT2D eigenvalue weighted by molar-refractivity contribution is -0.139. The molecule has 9 heteroatoms. The molecule has 0 saturated carbocycles. The maximum absolute atomic E-state index is 13.3. The Hall–Kier alpha value is -4.14. The van der Waals surface area contributed by atoms with Crippen LogP contribution in [0.25, 0.3) is 11.3 Å². The molecule has 4 rings (SSSR count). The summed E-state index contributed by atoms with van der Waals surface area (Å²) in [6.45, 7) is 0. The Labute approximate surface area is 209 Å². The average molecular weight is 505 g/mol. The number of benzene rings is 3. The van der Waals surface area contributed by atoms with E-state index in [2.05, 4.69) is 10.3 Å². The largest absolute Gasteiger partial charge is 0.481 e. The van der Waals surface area contributed by atoms with E-state index in [0.29, 0.717) is 10.7 Å². The quantitative estimate of drug-likeness (QED) is 0.247. The molecular formula is C26H17ClN2O5S. The number of aliphatic carboxylic acids is 1. The van der Waals surface area contributed by atoms with Crippen LogP contribution in [0.3, 0.4) is 0 Å². The van der Waals surface area contributed by atoms with Crippen molar-refractivity contribution < 1.29 is 24.3 Å². The molecule has 4 aromatic rings. The van der Waals surface area contributed by atoms with Crippen LogP contribution < -0.4 is 5.32 Å². The zero-order chi connectivity index (χ0) is 24.9. The van der Waals surface area contributed by atoms with Crippen molar-refractivity contribution in [2.75, 3.05) is 5.32 Å². The van der Waals surface area contributed by atoms with Gasteiger partial charge >= 0.3 is 5.97 Å². The third-order valence-electron chi connectivity index (χ3n) is 4.97. The predicted molar refractivity (Wildman–Crippen MR) is 133 cm³/mol. The summed E-state index contributed by atoms with van der Waals surface area (Å²) in [4.78, 5) is 53.9. The normalized spacial score (nSPS) is 10.5. The highest BCUT2D eigenvalue weighted by Crippen LogP contribution is 2.27. The number of carboxylic acid groups (broad SMARTS) is 1. The molecule has 0 saturated heterocycles. The van der Waals surface area contributed by atoms with E-state index in [1.807, 2.05) is 30.3 Å². The number of carbonyl (C=O) groups is 4. The van der Waals surface area contributed by atoms with Gasteiger partial charge in [-0.15, -0.1) is 11.3 Å². The van der Waals surface area contributed by atoms with E-state index in [-0.39, 0.29) is 33.2 Å². The Morgan fingerprint density at radius 2 is 1.63 bits per heavy atom. The lowest BCUT2D eigenvalue weighted by Gasteiger charge is -2.12. The van der Waals surface area contributed by atoms with Crippen LogP contribution in [0.2, 0.25) is 5.02 Å². The number of rotatable bonds is 8. The smallest absolute Gasteiger partial charge is 0.312 e. The Morgan fingerprint density at radius 3 is 2.34 bits per heavy atom. The van der Waals surface area contributed by atoms with Crippen LogP contribution in [-0.2, 0) is 9.59 Å². The molecule has 0 aliphatic rings. The number of nitrogens with zero attached hydrogens (tertiary/aromatic N) is 1. The number of anilines is 1. The second-order valence-electron chi connectivity index (χ2n) is 7.45. The number of amides is 1. The molecule has 0 aliphatic carbocycles. The number of thiazole rings is 1. The third kappa shape index (κ3) is 5.68. The monoisotopic (exact) mass is 504 g/mol. The van der Waals surface area contributed by atoms with Gasteiger partial charge in [0.2, 0.25) is 11.7 Å². The maximum atomic E-state index is 13.3. The van der Waals surface area contributed by atoms with Crippen molar-refractivity contribution in [1.82, 2.24) is 4.98 Å². The summed E-state index contributed by atoms with van der Waals surface area (Å²) in [5.74, 6) is -2.99. The zero-order valence-corrected chi connectivity index (χ0v) is 19.6. The highest BCUT2D eigenvalue weighted by atomic mass is 35.5. The predicted octanol–water partition coefficient (Wildman–Crippen LogP) is 5.34. The summed E-state index contributed by atoms with van der Waals surface area (Å²) in [5.41, 5.74) is 2.08. The first kappa shape index (κ1) is 24.0. The minimum Gasteiger partial charge on any atom is -0.481 e. The molecule has 0 fully saturated rings. The Bertz CT molecular complexity index is 1450. The molecule has 1 aromatic heterocycles. The minimum absolute atomic E-state index is 0.0247. The molecule has 1 amide bonds. The van der Waals surface area contributed by atoms with Gasteiger partial charge in [-0.1, -0.05) is 54.1 Å². The number of aromatic nitrogens is 1. The first-order valence-corrected chi connectivity index (χ1v) is 11.6. The van der Waals surface area contributed by atoms with Crippen LogP contribution in [0.4, 0.5) is 5.69 Å². The van der Waals surface area contributed by atoms with Gasteiger partial charge in [-0.05, 0) is 30.3 Å². The van der Waals surface area contributed by atoms with Crippen molar-refractivity contribution in [2.45, 2.75) is 6.42 Å². The highest BCUT2D eigenvalue weighted by molar-refractivity contribution is 7.12. The lowest BCUT2D eigenvalue weighted by Crippen LogP contribution is -2.18. The molecule has 0 unspecified atom stereocenters. The second kappa shape index (κ2) is 10.4. The Morgan fingerprint density at radius 1 is 0.886 bits per heavy atom. The van der Waals surface area contributed by atoms with Crippen LogP contribution in [0.5, 0.6) is 0 Å². The Kier molecular flexibility index (Phi) is 7.14. The molecule has 0 spiro atoms. The van der Waals surface area contributed by atoms with E-state index in [0.717, 1.165) is 5.56 Å². The number of hydrogen-bond donors (Lipinski definition) is 2. The third-order valence-corrected chi connectivity index (χ3v) is 6.04. The number of carbonyl (C=O) groups excluding carboxylic acids is 3. The summed E-state index contributed by atoms with van der Waals surface area (Å²) in [6, 6.07) is 19.9. The van der Waals surface area contributed by atoms with Gasteiger partial charge < -0.3 is 10.4 Å². The fourth-order valence-electron chi connectivity index (χ4n) is 3.34. The number of carboxylic acids is 1. The van der Waals surface area contributed by atoms with Gasteiger partial charge in [0.15, 0.2) is 10.8 Å². The zero-order valence-electron chi connectivity index (χ0n) is 18.0.